The van der Waals surface area contributed by atoms with Crippen molar-refractivity contribution in [2.24, 2.45) is 0 Å². The molecular formula is C25H27F2N7O. The van der Waals surface area contributed by atoms with Gasteiger partial charge in [-0.15, -0.1) is 5.10 Å². The molecule has 1 fully saturated rings. The van der Waals surface area contributed by atoms with E-state index in [1.54, 1.807) is 29.1 Å². The van der Waals surface area contributed by atoms with Crippen LogP contribution in [0.1, 0.15) is 30.4 Å². The minimum Gasteiger partial charge on any atom is -0.494 e. The summed E-state index contributed by atoms with van der Waals surface area (Å²) in [5.41, 5.74) is 2.94. The van der Waals surface area contributed by atoms with Crippen molar-refractivity contribution in [3.05, 3.63) is 65.2 Å². The van der Waals surface area contributed by atoms with Gasteiger partial charge in [0.1, 0.15) is 22.8 Å². The van der Waals surface area contributed by atoms with Crippen LogP contribution < -0.4 is 15.0 Å². The molecular weight excluding hydrogens is 452 g/mol. The van der Waals surface area contributed by atoms with Gasteiger partial charge < -0.3 is 15.0 Å². The minimum absolute atomic E-state index is 0.140. The lowest BCUT2D eigenvalue weighted by molar-refractivity contribution is 0.338. The molecule has 0 bridgehead atoms. The summed E-state index contributed by atoms with van der Waals surface area (Å²) in [7, 11) is 0. The van der Waals surface area contributed by atoms with E-state index < -0.39 is 5.82 Å². The molecule has 182 valence electrons. The van der Waals surface area contributed by atoms with Crippen molar-refractivity contribution < 1.29 is 13.5 Å². The zero-order chi connectivity index (χ0) is 24.5. The van der Waals surface area contributed by atoms with Crippen LogP contribution in [0.2, 0.25) is 0 Å². The molecule has 1 atom stereocenters. The Bertz CT molecular complexity index is 1370. The van der Waals surface area contributed by atoms with E-state index in [0.717, 1.165) is 29.7 Å². The summed E-state index contributed by atoms with van der Waals surface area (Å²) in [5.74, 6) is 0.402. The molecule has 0 saturated carbocycles. The van der Waals surface area contributed by atoms with Crippen molar-refractivity contribution in [2.45, 2.75) is 39.8 Å². The van der Waals surface area contributed by atoms with Crippen molar-refractivity contribution in [1.82, 2.24) is 30.3 Å². The fraction of sp³-hybridized carbons (Fsp3) is 0.360. The Morgan fingerprint density at radius 2 is 2.00 bits per heavy atom. The van der Waals surface area contributed by atoms with Crippen LogP contribution in [0.5, 0.6) is 5.75 Å². The average Bonchev–Trinajstić information content (AvgIpc) is 3.45. The second-order valence-electron chi connectivity index (χ2n) is 8.62. The summed E-state index contributed by atoms with van der Waals surface area (Å²) in [4.78, 5) is 6.22. The van der Waals surface area contributed by atoms with Crippen molar-refractivity contribution >= 4 is 16.7 Å². The van der Waals surface area contributed by atoms with Gasteiger partial charge >= 0.3 is 0 Å². The van der Waals surface area contributed by atoms with Crippen molar-refractivity contribution in [1.29, 1.82) is 0 Å². The highest BCUT2D eigenvalue weighted by molar-refractivity contribution is 5.92. The van der Waals surface area contributed by atoms with Gasteiger partial charge in [0.15, 0.2) is 11.6 Å². The highest BCUT2D eigenvalue weighted by Gasteiger charge is 2.28. The lowest BCUT2D eigenvalue weighted by Crippen LogP contribution is -2.33. The van der Waals surface area contributed by atoms with Gasteiger partial charge in [0.2, 0.25) is 0 Å². The molecule has 0 spiro atoms. The van der Waals surface area contributed by atoms with Gasteiger partial charge in [-0.05, 0) is 51.5 Å². The zero-order valence-corrected chi connectivity index (χ0v) is 19.9. The normalized spacial score (nSPS) is 15.8. The molecule has 10 heteroatoms. The number of hydrogen-bond acceptors (Lipinski definition) is 7. The van der Waals surface area contributed by atoms with E-state index in [0.29, 0.717) is 48.2 Å². The topological polar surface area (TPSA) is 81.0 Å². The first-order valence-electron chi connectivity index (χ1n) is 11.7. The van der Waals surface area contributed by atoms with Crippen LogP contribution in [0.3, 0.4) is 0 Å². The first-order valence-corrected chi connectivity index (χ1v) is 11.7. The molecule has 1 aromatic carbocycles. The molecule has 0 aliphatic carbocycles. The summed E-state index contributed by atoms with van der Waals surface area (Å²) in [6.45, 7) is 7.87. The molecule has 4 aromatic rings. The average molecular weight is 480 g/mol. The van der Waals surface area contributed by atoms with Crippen LogP contribution >= 0.6 is 0 Å². The highest BCUT2D eigenvalue weighted by Crippen LogP contribution is 2.32. The fourth-order valence-corrected chi connectivity index (χ4v) is 4.58. The highest BCUT2D eigenvalue weighted by atomic mass is 19.1. The lowest BCUT2D eigenvalue weighted by atomic mass is 10.2. The van der Waals surface area contributed by atoms with E-state index in [9.17, 15) is 8.78 Å². The number of fused-ring (bicyclic) bond motifs is 1. The summed E-state index contributed by atoms with van der Waals surface area (Å²) in [6.07, 6.45) is 2.45. The van der Waals surface area contributed by atoms with Crippen LogP contribution in [0.15, 0.2) is 36.5 Å². The monoisotopic (exact) mass is 479 g/mol. The molecule has 1 N–H and O–H groups in total. The van der Waals surface area contributed by atoms with E-state index in [4.69, 9.17) is 9.84 Å². The summed E-state index contributed by atoms with van der Waals surface area (Å²) in [6, 6.07) is 7.91. The van der Waals surface area contributed by atoms with E-state index in [2.05, 4.69) is 25.4 Å². The number of benzene rings is 1. The first-order chi connectivity index (χ1) is 17.0. The Labute approximate surface area is 201 Å². The van der Waals surface area contributed by atoms with Crippen molar-refractivity contribution in [3.63, 3.8) is 0 Å². The third kappa shape index (κ3) is 4.41. The van der Waals surface area contributed by atoms with Gasteiger partial charge in [0.25, 0.3) is 0 Å². The van der Waals surface area contributed by atoms with E-state index in [1.165, 1.54) is 12.1 Å². The molecule has 4 heterocycles. The maximum atomic E-state index is 15.0. The fourth-order valence-electron chi connectivity index (χ4n) is 4.58. The number of hydrogen-bond donors (Lipinski definition) is 1. The standard InChI is InChI=1S/C25H27F2N7O/c1-4-35-18-7-8-22(20(27)12-18)34-16(3)23-15(2)30-31-25(24(23)32-34)33-11-9-17(14-33)29-13-21-19(26)6-5-10-28-21/h5-8,10,12,17,29H,4,9,11,13-14H2,1-3H3. The third-order valence-corrected chi connectivity index (χ3v) is 6.32. The summed E-state index contributed by atoms with van der Waals surface area (Å²) < 4.78 is 35.9. The molecule has 0 amide bonds. The molecule has 35 heavy (non-hydrogen) atoms. The summed E-state index contributed by atoms with van der Waals surface area (Å²) in [5, 5.41) is 17.8. The number of halogens is 2. The lowest BCUT2D eigenvalue weighted by Gasteiger charge is -2.18. The van der Waals surface area contributed by atoms with Gasteiger partial charge in [-0.3, -0.25) is 4.98 Å². The Morgan fingerprint density at radius 3 is 2.77 bits per heavy atom. The second-order valence-corrected chi connectivity index (χ2v) is 8.62. The molecule has 1 aliphatic rings. The number of aromatic nitrogens is 5. The van der Waals surface area contributed by atoms with Gasteiger partial charge in [-0.2, -0.15) is 10.2 Å². The number of ether oxygens (including phenoxy) is 1. The smallest absolute Gasteiger partial charge is 0.179 e. The number of pyridine rings is 1. The van der Waals surface area contributed by atoms with Crippen molar-refractivity contribution in [3.8, 4) is 11.4 Å². The number of aryl methyl sites for hydroxylation is 2. The Kier molecular flexibility index (Phi) is 6.29. The number of nitrogens with one attached hydrogen (secondary N) is 1. The molecule has 1 aliphatic heterocycles. The van der Waals surface area contributed by atoms with Crippen LogP contribution in [-0.2, 0) is 6.54 Å². The van der Waals surface area contributed by atoms with Crippen molar-refractivity contribution in [2.75, 3.05) is 24.6 Å². The predicted octanol–water partition coefficient (Wildman–Crippen LogP) is 3.87. The van der Waals surface area contributed by atoms with Crippen LogP contribution in [0.25, 0.3) is 16.6 Å². The molecule has 1 unspecified atom stereocenters. The number of nitrogens with zero attached hydrogens (tertiary/aromatic N) is 6. The maximum Gasteiger partial charge on any atom is 0.179 e. The third-order valence-electron chi connectivity index (χ3n) is 6.32. The number of rotatable bonds is 7. The largest absolute Gasteiger partial charge is 0.494 e. The Morgan fingerprint density at radius 1 is 1.14 bits per heavy atom. The van der Waals surface area contributed by atoms with Crippen LogP contribution in [0, 0.1) is 25.5 Å². The molecule has 1 saturated heterocycles. The molecule has 8 nitrogen and oxygen atoms in total. The predicted molar refractivity (Wildman–Crippen MR) is 129 cm³/mol. The van der Waals surface area contributed by atoms with Crippen LogP contribution in [0.4, 0.5) is 14.6 Å². The van der Waals surface area contributed by atoms with E-state index >= 15 is 0 Å². The van der Waals surface area contributed by atoms with Gasteiger partial charge in [-0.1, -0.05) is 0 Å². The second kappa shape index (κ2) is 9.53. The maximum absolute atomic E-state index is 15.0. The Hall–Kier alpha value is -3.66. The SMILES string of the molecule is CCOc1ccc(-n2nc3c(N4CCC(NCc5ncccc5F)C4)nnc(C)c3c2C)c(F)c1. The van der Waals surface area contributed by atoms with Gasteiger partial charge in [0.05, 0.1) is 29.1 Å². The van der Waals surface area contributed by atoms with Crippen LogP contribution in [-0.4, -0.2) is 50.7 Å². The quantitative estimate of drug-likeness (QED) is 0.431. The molecule has 3 aromatic heterocycles. The zero-order valence-electron chi connectivity index (χ0n) is 19.9. The Balaban J connectivity index is 1.42. The summed E-state index contributed by atoms with van der Waals surface area (Å²) >= 11 is 0. The minimum atomic E-state index is -0.417. The first kappa shape index (κ1) is 23.1. The molecule has 5 rings (SSSR count). The number of anilines is 1. The molecule has 0 radical (unpaired) electrons. The van der Waals surface area contributed by atoms with Gasteiger partial charge in [-0.25, -0.2) is 13.5 Å². The van der Waals surface area contributed by atoms with E-state index in [1.807, 2.05) is 20.8 Å². The van der Waals surface area contributed by atoms with Gasteiger partial charge in [0, 0.05) is 37.9 Å². The van der Waals surface area contributed by atoms with E-state index in [-0.39, 0.29) is 11.9 Å².